The van der Waals surface area contributed by atoms with Gasteiger partial charge in [0.1, 0.15) is 6.10 Å². The summed E-state index contributed by atoms with van der Waals surface area (Å²) in [4.78, 5) is 42.1. The van der Waals surface area contributed by atoms with Gasteiger partial charge in [-0.05, 0) is 37.3 Å². The lowest BCUT2D eigenvalue weighted by molar-refractivity contribution is -0.156. The number of Topliss-reactive ketones (excluding diaryl/α,β-unsaturated/α-hetero) is 1. The van der Waals surface area contributed by atoms with Gasteiger partial charge in [-0.2, -0.15) is 0 Å². The molecule has 0 saturated heterocycles. The zero-order valence-electron chi connectivity index (χ0n) is 22.4. The van der Waals surface area contributed by atoms with Crippen LogP contribution in [0, 0.1) is 11.8 Å². The second-order valence-corrected chi connectivity index (χ2v) is 9.30. The predicted octanol–water partition coefficient (Wildman–Crippen LogP) is 5.65. The highest BCUT2D eigenvalue weighted by Crippen LogP contribution is 2.31. The van der Waals surface area contributed by atoms with Crippen molar-refractivity contribution in [3.8, 4) is 11.5 Å². The number of hydrogen-bond donors (Lipinski definition) is 0. The first-order valence-corrected chi connectivity index (χ1v) is 12.8. The fraction of sp³-hybridized carbons (Fsp3) is 0.355. The highest BCUT2D eigenvalue weighted by atomic mass is 16.6. The summed E-state index contributed by atoms with van der Waals surface area (Å²) in [5.74, 6) is -1.92. The largest absolute Gasteiger partial charge is 0.493 e. The normalized spacial score (nSPS) is 12.4. The molecule has 1 unspecified atom stereocenters. The number of ketones is 1. The Morgan fingerprint density at radius 2 is 1.47 bits per heavy atom. The van der Waals surface area contributed by atoms with Crippen LogP contribution in [0.15, 0.2) is 72.9 Å². The quantitative estimate of drug-likeness (QED) is 0.214. The standard InChI is InChI=1S/C31H35NO6/c1-5-25(20-27(34)29-30(38-22(3)33)28(36-4)16-17-32-29)31(35)37-21(2)26(18-23-12-8-6-9-13-23)19-24-14-10-7-11-15-24/h6-17,21,25-26H,5,18-20H2,1-4H3/t21?,25-/m1/s1. The summed E-state index contributed by atoms with van der Waals surface area (Å²) in [5.41, 5.74) is 2.28. The fourth-order valence-corrected chi connectivity index (χ4v) is 4.36. The van der Waals surface area contributed by atoms with Crippen LogP contribution in [-0.2, 0) is 27.2 Å². The highest BCUT2D eigenvalue weighted by molar-refractivity contribution is 6.00. The van der Waals surface area contributed by atoms with E-state index in [1.807, 2.05) is 50.2 Å². The zero-order valence-corrected chi connectivity index (χ0v) is 22.4. The Kier molecular flexibility index (Phi) is 10.6. The number of pyridine rings is 1. The predicted molar refractivity (Wildman–Crippen MR) is 144 cm³/mol. The average Bonchev–Trinajstić information content (AvgIpc) is 2.92. The van der Waals surface area contributed by atoms with Gasteiger partial charge in [-0.25, -0.2) is 4.98 Å². The number of aromatic nitrogens is 1. The third-order valence-electron chi connectivity index (χ3n) is 6.50. The molecule has 0 radical (unpaired) electrons. The molecule has 1 aromatic heterocycles. The van der Waals surface area contributed by atoms with Crippen molar-refractivity contribution >= 4 is 17.7 Å². The van der Waals surface area contributed by atoms with Gasteiger partial charge in [-0.3, -0.25) is 14.4 Å². The van der Waals surface area contributed by atoms with E-state index in [2.05, 4.69) is 29.2 Å². The molecule has 1 heterocycles. The summed E-state index contributed by atoms with van der Waals surface area (Å²) >= 11 is 0. The van der Waals surface area contributed by atoms with E-state index in [-0.39, 0.29) is 35.6 Å². The van der Waals surface area contributed by atoms with E-state index in [1.54, 1.807) is 0 Å². The maximum Gasteiger partial charge on any atom is 0.309 e. The fourth-order valence-electron chi connectivity index (χ4n) is 4.36. The minimum atomic E-state index is -0.669. The number of nitrogens with zero attached hydrogens (tertiary/aromatic N) is 1. The SMILES string of the molecule is CC[C@H](CC(=O)c1nccc(OC)c1OC(C)=O)C(=O)OC(C)C(Cc1ccccc1)Cc1ccccc1. The number of hydrogen-bond acceptors (Lipinski definition) is 7. The third-order valence-corrected chi connectivity index (χ3v) is 6.50. The second kappa shape index (κ2) is 14.1. The summed E-state index contributed by atoms with van der Waals surface area (Å²) in [6.45, 7) is 4.97. The molecular weight excluding hydrogens is 482 g/mol. The van der Waals surface area contributed by atoms with Crippen molar-refractivity contribution in [2.24, 2.45) is 11.8 Å². The number of benzene rings is 2. The van der Waals surface area contributed by atoms with Gasteiger partial charge in [0.15, 0.2) is 17.2 Å². The molecule has 2 atom stereocenters. The Hall–Kier alpha value is -4.00. The maximum atomic E-state index is 13.2. The Labute approximate surface area is 224 Å². The van der Waals surface area contributed by atoms with Crippen molar-refractivity contribution in [3.05, 3.63) is 89.7 Å². The number of ether oxygens (including phenoxy) is 3. The van der Waals surface area contributed by atoms with Gasteiger partial charge in [0.05, 0.1) is 13.0 Å². The van der Waals surface area contributed by atoms with Gasteiger partial charge < -0.3 is 14.2 Å². The first-order valence-electron chi connectivity index (χ1n) is 12.8. The van der Waals surface area contributed by atoms with E-state index >= 15 is 0 Å². The molecule has 0 aliphatic carbocycles. The van der Waals surface area contributed by atoms with E-state index in [0.29, 0.717) is 6.42 Å². The Morgan fingerprint density at radius 1 is 0.895 bits per heavy atom. The molecule has 0 spiro atoms. The van der Waals surface area contributed by atoms with Crippen LogP contribution in [0.4, 0.5) is 0 Å². The lowest BCUT2D eigenvalue weighted by Crippen LogP contribution is -2.31. The Morgan fingerprint density at radius 3 is 1.97 bits per heavy atom. The first kappa shape index (κ1) is 28.6. The van der Waals surface area contributed by atoms with Crippen molar-refractivity contribution in [1.82, 2.24) is 4.98 Å². The molecule has 0 bridgehead atoms. The first-order chi connectivity index (χ1) is 18.3. The van der Waals surface area contributed by atoms with E-state index in [4.69, 9.17) is 14.2 Å². The summed E-state index contributed by atoms with van der Waals surface area (Å²) < 4.78 is 16.4. The maximum absolute atomic E-state index is 13.2. The smallest absolute Gasteiger partial charge is 0.309 e. The summed E-state index contributed by atoms with van der Waals surface area (Å²) in [7, 11) is 1.41. The molecule has 2 aromatic carbocycles. The molecule has 200 valence electrons. The van der Waals surface area contributed by atoms with Gasteiger partial charge in [-0.1, -0.05) is 67.6 Å². The summed E-state index contributed by atoms with van der Waals surface area (Å²) in [5, 5.41) is 0. The van der Waals surface area contributed by atoms with Gasteiger partial charge in [0.25, 0.3) is 0 Å². The number of rotatable bonds is 13. The summed E-state index contributed by atoms with van der Waals surface area (Å²) in [6, 6.07) is 21.7. The van der Waals surface area contributed by atoms with Gasteiger partial charge in [0, 0.05) is 31.5 Å². The monoisotopic (exact) mass is 517 g/mol. The number of esters is 2. The Balaban J connectivity index is 1.74. The van der Waals surface area contributed by atoms with Crippen molar-refractivity contribution in [2.45, 2.75) is 52.6 Å². The van der Waals surface area contributed by atoms with Gasteiger partial charge in [0.2, 0.25) is 5.75 Å². The van der Waals surface area contributed by atoms with Crippen molar-refractivity contribution < 1.29 is 28.6 Å². The lowest BCUT2D eigenvalue weighted by atomic mass is 9.88. The van der Waals surface area contributed by atoms with E-state index in [9.17, 15) is 14.4 Å². The molecule has 7 heteroatoms. The van der Waals surface area contributed by atoms with Crippen LogP contribution in [-0.4, -0.2) is 35.9 Å². The number of carbonyl (C=O) groups excluding carboxylic acids is 3. The van der Waals surface area contributed by atoms with Crippen LogP contribution in [0.5, 0.6) is 11.5 Å². The zero-order chi connectivity index (χ0) is 27.5. The Bertz CT molecular complexity index is 1170. The van der Waals surface area contributed by atoms with E-state index < -0.39 is 23.6 Å². The van der Waals surface area contributed by atoms with Crippen LogP contribution in [0.3, 0.4) is 0 Å². The molecule has 0 amide bonds. The molecule has 7 nitrogen and oxygen atoms in total. The minimum Gasteiger partial charge on any atom is -0.493 e. The van der Waals surface area contributed by atoms with Crippen LogP contribution in [0.2, 0.25) is 0 Å². The molecular formula is C31H35NO6. The second-order valence-electron chi connectivity index (χ2n) is 9.30. The van der Waals surface area contributed by atoms with Crippen LogP contribution < -0.4 is 9.47 Å². The molecule has 3 aromatic rings. The summed E-state index contributed by atoms with van der Waals surface area (Å²) in [6.07, 6.45) is 2.81. The third kappa shape index (κ3) is 8.00. The van der Waals surface area contributed by atoms with Crippen molar-refractivity contribution in [3.63, 3.8) is 0 Å². The van der Waals surface area contributed by atoms with Crippen molar-refractivity contribution in [2.75, 3.05) is 7.11 Å². The molecule has 0 aliphatic rings. The van der Waals surface area contributed by atoms with Gasteiger partial charge in [-0.15, -0.1) is 0 Å². The molecule has 3 rings (SSSR count). The molecule has 0 saturated carbocycles. The molecule has 0 fully saturated rings. The number of methoxy groups -OCH3 is 1. The molecule has 38 heavy (non-hydrogen) atoms. The topological polar surface area (TPSA) is 91.8 Å². The van der Waals surface area contributed by atoms with Crippen LogP contribution >= 0.6 is 0 Å². The van der Waals surface area contributed by atoms with E-state index in [1.165, 1.54) is 37.4 Å². The van der Waals surface area contributed by atoms with Crippen LogP contribution in [0.25, 0.3) is 0 Å². The lowest BCUT2D eigenvalue weighted by Gasteiger charge is -2.26. The minimum absolute atomic E-state index is 0.0464. The molecule has 0 N–H and O–H groups in total. The van der Waals surface area contributed by atoms with Gasteiger partial charge >= 0.3 is 11.9 Å². The molecule has 0 aliphatic heterocycles. The number of carbonyl (C=O) groups is 3. The average molecular weight is 518 g/mol. The van der Waals surface area contributed by atoms with E-state index in [0.717, 1.165) is 12.8 Å². The van der Waals surface area contributed by atoms with Crippen molar-refractivity contribution in [1.29, 1.82) is 0 Å². The highest BCUT2D eigenvalue weighted by Gasteiger charge is 2.30. The van der Waals surface area contributed by atoms with Crippen LogP contribution in [0.1, 0.15) is 55.2 Å².